The number of nitrogens with one attached hydrogen (secondary N) is 1. The molecular formula is C14H22FN3O2. The molecule has 0 aliphatic rings. The minimum Gasteiger partial charge on any atom is -0.383 e. The van der Waals surface area contributed by atoms with Crippen LogP contribution < -0.4 is 5.32 Å². The van der Waals surface area contributed by atoms with Crippen LogP contribution in [0.4, 0.5) is 10.2 Å². The molecule has 6 heteroatoms. The quantitative estimate of drug-likeness (QED) is 0.833. The maximum atomic E-state index is 14.2. The Bertz CT molecular complexity index is 454. The van der Waals surface area contributed by atoms with Crippen LogP contribution in [0.1, 0.15) is 30.6 Å². The third-order valence-electron chi connectivity index (χ3n) is 3.28. The van der Waals surface area contributed by atoms with Crippen LogP contribution in [-0.4, -0.2) is 49.1 Å². The van der Waals surface area contributed by atoms with Crippen molar-refractivity contribution >= 4 is 11.7 Å². The van der Waals surface area contributed by atoms with Crippen molar-refractivity contribution < 1.29 is 13.9 Å². The number of pyridine rings is 1. The van der Waals surface area contributed by atoms with E-state index in [9.17, 15) is 9.18 Å². The topological polar surface area (TPSA) is 54.5 Å². The van der Waals surface area contributed by atoms with Gasteiger partial charge in [-0.3, -0.25) is 4.79 Å². The van der Waals surface area contributed by atoms with Crippen LogP contribution in [0.5, 0.6) is 0 Å². The first-order valence-electron chi connectivity index (χ1n) is 6.68. The molecule has 1 heterocycles. The van der Waals surface area contributed by atoms with Gasteiger partial charge < -0.3 is 15.0 Å². The number of amides is 1. The molecule has 20 heavy (non-hydrogen) atoms. The van der Waals surface area contributed by atoms with E-state index in [-0.39, 0.29) is 23.3 Å². The van der Waals surface area contributed by atoms with Crippen LogP contribution in [0, 0.1) is 5.82 Å². The summed E-state index contributed by atoms with van der Waals surface area (Å²) in [6.45, 7) is 4.77. The number of aromatic nitrogens is 1. The van der Waals surface area contributed by atoms with Crippen molar-refractivity contribution in [2.45, 2.75) is 26.3 Å². The molecule has 1 atom stereocenters. The molecule has 0 aliphatic heterocycles. The number of hydrogen-bond donors (Lipinski definition) is 1. The minimum absolute atomic E-state index is 0.0169. The van der Waals surface area contributed by atoms with Crippen LogP contribution >= 0.6 is 0 Å². The summed E-state index contributed by atoms with van der Waals surface area (Å²) in [5.41, 5.74) is 0.0285. The zero-order valence-corrected chi connectivity index (χ0v) is 12.4. The van der Waals surface area contributed by atoms with Crippen molar-refractivity contribution in [2.24, 2.45) is 0 Å². The Morgan fingerprint density at radius 2 is 2.30 bits per heavy atom. The van der Waals surface area contributed by atoms with Crippen molar-refractivity contribution in [2.75, 3.05) is 32.6 Å². The molecule has 1 aromatic heterocycles. The molecule has 1 rings (SSSR count). The summed E-state index contributed by atoms with van der Waals surface area (Å²) in [6.07, 6.45) is 2.22. The maximum Gasteiger partial charge on any atom is 0.257 e. The standard InChI is InChI=1S/C14H22FN3O2/c1-5-10(2)18(8-9-20-4)14(19)11-6-7-17-13(16-3)12(11)15/h6-7,10H,5,8-9H2,1-4H3,(H,16,17). The lowest BCUT2D eigenvalue weighted by molar-refractivity contribution is 0.0609. The Morgan fingerprint density at radius 3 is 2.85 bits per heavy atom. The predicted octanol–water partition coefficient (Wildman–Crippen LogP) is 2.15. The highest BCUT2D eigenvalue weighted by Crippen LogP contribution is 2.18. The molecule has 112 valence electrons. The van der Waals surface area contributed by atoms with E-state index in [1.165, 1.54) is 12.3 Å². The minimum atomic E-state index is -0.620. The maximum absolute atomic E-state index is 14.2. The van der Waals surface area contributed by atoms with Gasteiger partial charge in [0, 0.05) is 32.9 Å². The molecular weight excluding hydrogens is 261 g/mol. The van der Waals surface area contributed by atoms with Gasteiger partial charge >= 0.3 is 0 Å². The summed E-state index contributed by atoms with van der Waals surface area (Å²) in [5, 5.41) is 2.63. The van der Waals surface area contributed by atoms with Crippen molar-refractivity contribution in [1.82, 2.24) is 9.88 Å². The van der Waals surface area contributed by atoms with Crippen LogP contribution in [-0.2, 0) is 4.74 Å². The number of nitrogens with zero attached hydrogens (tertiary/aromatic N) is 2. The molecule has 0 aromatic carbocycles. The summed E-state index contributed by atoms with van der Waals surface area (Å²) in [7, 11) is 3.14. The van der Waals surface area contributed by atoms with E-state index in [0.717, 1.165) is 6.42 Å². The van der Waals surface area contributed by atoms with E-state index in [0.29, 0.717) is 13.2 Å². The van der Waals surface area contributed by atoms with E-state index < -0.39 is 5.82 Å². The lowest BCUT2D eigenvalue weighted by Gasteiger charge is -2.28. The van der Waals surface area contributed by atoms with Gasteiger partial charge in [-0.25, -0.2) is 9.37 Å². The number of methoxy groups -OCH3 is 1. The van der Waals surface area contributed by atoms with E-state index in [2.05, 4.69) is 10.3 Å². The monoisotopic (exact) mass is 283 g/mol. The lowest BCUT2D eigenvalue weighted by atomic mass is 10.1. The van der Waals surface area contributed by atoms with Crippen LogP contribution in [0.3, 0.4) is 0 Å². The Morgan fingerprint density at radius 1 is 1.60 bits per heavy atom. The fraction of sp³-hybridized carbons (Fsp3) is 0.571. The van der Waals surface area contributed by atoms with Crippen LogP contribution in [0.25, 0.3) is 0 Å². The summed E-state index contributed by atoms with van der Waals surface area (Å²) in [5.74, 6) is -0.884. The number of ether oxygens (including phenoxy) is 1. The molecule has 0 fully saturated rings. The average molecular weight is 283 g/mol. The zero-order chi connectivity index (χ0) is 15.1. The van der Waals surface area contributed by atoms with Gasteiger partial charge in [-0.15, -0.1) is 0 Å². The highest BCUT2D eigenvalue weighted by atomic mass is 19.1. The highest BCUT2D eigenvalue weighted by molar-refractivity contribution is 5.95. The molecule has 0 spiro atoms. The second kappa shape index (κ2) is 7.79. The largest absolute Gasteiger partial charge is 0.383 e. The molecule has 0 radical (unpaired) electrons. The Kier molecular flexibility index (Phi) is 6.38. The number of hydrogen-bond acceptors (Lipinski definition) is 4. The number of carbonyl (C=O) groups excluding carboxylic acids is 1. The first-order valence-corrected chi connectivity index (χ1v) is 6.68. The van der Waals surface area contributed by atoms with E-state index in [4.69, 9.17) is 4.74 Å². The van der Waals surface area contributed by atoms with Gasteiger partial charge in [0.1, 0.15) is 0 Å². The summed E-state index contributed by atoms with van der Waals surface area (Å²) in [6, 6.07) is 1.42. The zero-order valence-electron chi connectivity index (χ0n) is 12.4. The smallest absolute Gasteiger partial charge is 0.257 e. The first kappa shape index (κ1) is 16.4. The Labute approximate surface area is 119 Å². The molecule has 1 N–H and O–H groups in total. The van der Waals surface area contributed by atoms with Gasteiger partial charge in [0.15, 0.2) is 11.6 Å². The van der Waals surface area contributed by atoms with Gasteiger partial charge in [0.2, 0.25) is 0 Å². The van der Waals surface area contributed by atoms with Crippen LogP contribution in [0.15, 0.2) is 12.3 Å². The third kappa shape index (κ3) is 3.66. The van der Waals surface area contributed by atoms with E-state index in [1.54, 1.807) is 19.1 Å². The van der Waals surface area contributed by atoms with Crippen molar-refractivity contribution in [3.63, 3.8) is 0 Å². The second-order valence-corrected chi connectivity index (χ2v) is 4.52. The molecule has 1 amide bonds. The predicted molar refractivity (Wildman–Crippen MR) is 76.4 cm³/mol. The number of rotatable bonds is 7. The number of carbonyl (C=O) groups is 1. The summed E-state index contributed by atoms with van der Waals surface area (Å²) in [4.78, 5) is 18.0. The van der Waals surface area contributed by atoms with Gasteiger partial charge in [-0.1, -0.05) is 6.92 Å². The van der Waals surface area contributed by atoms with Gasteiger partial charge in [0.05, 0.1) is 12.2 Å². The number of halogens is 1. The molecule has 0 bridgehead atoms. The second-order valence-electron chi connectivity index (χ2n) is 4.52. The van der Waals surface area contributed by atoms with Crippen molar-refractivity contribution in [3.05, 3.63) is 23.6 Å². The Balaban J connectivity index is 3.05. The molecule has 0 saturated carbocycles. The van der Waals surface area contributed by atoms with Crippen molar-refractivity contribution in [3.8, 4) is 0 Å². The Hall–Kier alpha value is -1.69. The fourth-order valence-corrected chi connectivity index (χ4v) is 1.87. The molecule has 1 aromatic rings. The van der Waals surface area contributed by atoms with Crippen molar-refractivity contribution in [1.29, 1.82) is 0 Å². The lowest BCUT2D eigenvalue weighted by Crippen LogP contribution is -2.41. The van der Waals surface area contributed by atoms with Crippen LogP contribution in [0.2, 0.25) is 0 Å². The first-order chi connectivity index (χ1) is 9.56. The molecule has 0 saturated heterocycles. The van der Waals surface area contributed by atoms with Gasteiger partial charge in [0.25, 0.3) is 5.91 Å². The fourth-order valence-electron chi connectivity index (χ4n) is 1.87. The van der Waals surface area contributed by atoms with E-state index in [1.807, 2.05) is 13.8 Å². The SMILES string of the molecule is CCC(C)N(CCOC)C(=O)c1ccnc(NC)c1F. The van der Waals surface area contributed by atoms with Gasteiger partial charge in [-0.05, 0) is 19.4 Å². The molecule has 1 unspecified atom stereocenters. The normalized spacial score (nSPS) is 12.1. The summed E-state index contributed by atoms with van der Waals surface area (Å²) < 4.78 is 19.2. The number of anilines is 1. The summed E-state index contributed by atoms with van der Waals surface area (Å²) >= 11 is 0. The average Bonchev–Trinajstić information content (AvgIpc) is 2.47. The molecule has 0 aliphatic carbocycles. The highest BCUT2D eigenvalue weighted by Gasteiger charge is 2.24. The van der Waals surface area contributed by atoms with Gasteiger partial charge in [-0.2, -0.15) is 0 Å². The third-order valence-corrected chi connectivity index (χ3v) is 3.28. The molecule has 5 nitrogen and oxygen atoms in total. The van der Waals surface area contributed by atoms with E-state index >= 15 is 0 Å².